The Bertz CT molecular complexity index is 1170. The summed E-state index contributed by atoms with van der Waals surface area (Å²) >= 11 is 6.10. The number of aromatic nitrogens is 1. The molecule has 184 valence electrons. The van der Waals surface area contributed by atoms with Crippen LogP contribution in [-0.2, 0) is 38.1 Å². The maximum absolute atomic E-state index is 12.8. The van der Waals surface area contributed by atoms with Crippen molar-refractivity contribution in [2.75, 3.05) is 6.61 Å². The van der Waals surface area contributed by atoms with E-state index in [0.717, 1.165) is 18.4 Å². The third kappa shape index (κ3) is 5.57. The van der Waals surface area contributed by atoms with Gasteiger partial charge in [0.05, 0.1) is 5.52 Å². The SMILES string of the molecule is CC(=O)N[C@H]1[C@H](OC(C)=O)[C@@H](OC(C)=O)[C@H](COC(C)=O)O[C@@H]1n1c(=O)oc2ccc(Cl)cc21. The van der Waals surface area contributed by atoms with E-state index in [9.17, 15) is 24.0 Å². The fourth-order valence-corrected chi connectivity index (χ4v) is 3.94. The van der Waals surface area contributed by atoms with Gasteiger partial charge in [0, 0.05) is 32.7 Å². The zero-order chi connectivity index (χ0) is 25.2. The molecule has 1 fully saturated rings. The van der Waals surface area contributed by atoms with Crippen molar-refractivity contribution in [1.29, 1.82) is 0 Å². The van der Waals surface area contributed by atoms with Crippen LogP contribution in [-0.4, -0.2) is 59.3 Å². The highest BCUT2D eigenvalue weighted by atomic mass is 35.5. The van der Waals surface area contributed by atoms with Crippen molar-refractivity contribution in [3.8, 4) is 0 Å². The zero-order valence-electron chi connectivity index (χ0n) is 18.7. The minimum Gasteiger partial charge on any atom is -0.463 e. The van der Waals surface area contributed by atoms with Gasteiger partial charge in [0.15, 0.2) is 24.0 Å². The van der Waals surface area contributed by atoms with Crippen molar-refractivity contribution in [2.45, 2.75) is 58.3 Å². The zero-order valence-corrected chi connectivity index (χ0v) is 19.5. The summed E-state index contributed by atoms with van der Waals surface area (Å²) in [7, 11) is 0. The highest BCUT2D eigenvalue weighted by Gasteiger charge is 2.52. The van der Waals surface area contributed by atoms with Crippen LogP contribution >= 0.6 is 11.6 Å². The molecule has 2 heterocycles. The first-order valence-corrected chi connectivity index (χ1v) is 10.6. The smallest absolute Gasteiger partial charge is 0.422 e. The molecule has 2 aromatic rings. The van der Waals surface area contributed by atoms with Crippen LogP contribution in [0, 0.1) is 0 Å². The molecule has 5 atom stereocenters. The highest BCUT2D eigenvalue weighted by Crippen LogP contribution is 2.34. The summed E-state index contributed by atoms with van der Waals surface area (Å²) < 4.78 is 28.2. The maximum atomic E-state index is 12.8. The molecule has 0 aliphatic carbocycles. The Hall–Kier alpha value is -3.38. The Morgan fingerprint density at radius 2 is 1.68 bits per heavy atom. The van der Waals surface area contributed by atoms with Gasteiger partial charge < -0.3 is 28.7 Å². The van der Waals surface area contributed by atoms with Crippen LogP contribution in [0.25, 0.3) is 11.1 Å². The van der Waals surface area contributed by atoms with Crippen LogP contribution in [0.1, 0.15) is 33.9 Å². The molecule has 1 saturated heterocycles. The van der Waals surface area contributed by atoms with Gasteiger partial charge in [-0.1, -0.05) is 11.6 Å². The van der Waals surface area contributed by atoms with Crippen molar-refractivity contribution in [1.82, 2.24) is 9.88 Å². The first-order chi connectivity index (χ1) is 16.0. The first-order valence-electron chi connectivity index (χ1n) is 10.2. The third-order valence-corrected chi connectivity index (χ3v) is 5.15. The van der Waals surface area contributed by atoms with Crippen LogP contribution in [0.3, 0.4) is 0 Å². The topological polar surface area (TPSA) is 152 Å². The van der Waals surface area contributed by atoms with Gasteiger partial charge in [0.25, 0.3) is 0 Å². The lowest BCUT2D eigenvalue weighted by molar-refractivity contribution is -0.237. The molecule has 1 aromatic heterocycles. The van der Waals surface area contributed by atoms with E-state index in [1.165, 1.54) is 32.0 Å². The number of hydrogen-bond donors (Lipinski definition) is 1. The second-order valence-electron chi connectivity index (χ2n) is 7.59. The average molecular weight is 499 g/mol. The Morgan fingerprint density at radius 3 is 2.26 bits per heavy atom. The summed E-state index contributed by atoms with van der Waals surface area (Å²) in [5, 5.41) is 2.89. The molecule has 0 saturated carbocycles. The van der Waals surface area contributed by atoms with E-state index in [1.54, 1.807) is 0 Å². The maximum Gasteiger partial charge on any atom is 0.422 e. The number of carbonyl (C=O) groups is 4. The molecular weight excluding hydrogens is 476 g/mol. The number of fused-ring (bicyclic) bond motifs is 1. The number of nitrogens with one attached hydrogen (secondary N) is 1. The number of esters is 3. The predicted molar refractivity (Wildman–Crippen MR) is 115 cm³/mol. The molecule has 1 aromatic carbocycles. The van der Waals surface area contributed by atoms with Crippen molar-refractivity contribution in [2.24, 2.45) is 0 Å². The Balaban J connectivity index is 2.19. The average Bonchev–Trinajstić information content (AvgIpc) is 3.03. The number of ether oxygens (including phenoxy) is 4. The van der Waals surface area contributed by atoms with E-state index in [-0.39, 0.29) is 11.1 Å². The van der Waals surface area contributed by atoms with E-state index in [1.807, 2.05) is 0 Å². The van der Waals surface area contributed by atoms with Gasteiger partial charge >= 0.3 is 23.7 Å². The van der Waals surface area contributed by atoms with Gasteiger partial charge in [-0.25, -0.2) is 9.36 Å². The molecule has 1 aliphatic rings. The van der Waals surface area contributed by atoms with E-state index in [0.29, 0.717) is 5.02 Å². The quantitative estimate of drug-likeness (QED) is 0.452. The van der Waals surface area contributed by atoms with Gasteiger partial charge in [-0.2, -0.15) is 0 Å². The number of carbonyl (C=O) groups excluding carboxylic acids is 4. The lowest BCUT2D eigenvalue weighted by Gasteiger charge is -2.45. The number of halogens is 1. The number of nitrogens with zero attached hydrogens (tertiary/aromatic N) is 1. The van der Waals surface area contributed by atoms with Crippen molar-refractivity contribution < 1.29 is 42.5 Å². The van der Waals surface area contributed by atoms with Crippen molar-refractivity contribution in [3.63, 3.8) is 0 Å². The number of oxazole rings is 1. The normalized spacial score (nSPS) is 24.3. The molecular formula is C21H23ClN2O10. The summed E-state index contributed by atoms with van der Waals surface area (Å²) in [6.07, 6.45) is -5.11. The molecule has 1 amide bonds. The lowest BCUT2D eigenvalue weighted by atomic mass is 9.94. The minimum absolute atomic E-state index is 0.183. The molecule has 0 spiro atoms. The lowest BCUT2D eigenvalue weighted by Crippen LogP contribution is -2.64. The molecule has 12 nitrogen and oxygen atoms in total. The van der Waals surface area contributed by atoms with Crippen LogP contribution < -0.4 is 11.1 Å². The van der Waals surface area contributed by atoms with Gasteiger partial charge in [-0.15, -0.1) is 0 Å². The largest absolute Gasteiger partial charge is 0.463 e. The van der Waals surface area contributed by atoms with Gasteiger partial charge in [-0.05, 0) is 18.2 Å². The fourth-order valence-electron chi connectivity index (χ4n) is 3.78. The molecule has 13 heteroatoms. The monoisotopic (exact) mass is 498 g/mol. The van der Waals surface area contributed by atoms with E-state index >= 15 is 0 Å². The number of rotatable bonds is 6. The molecule has 0 radical (unpaired) electrons. The van der Waals surface area contributed by atoms with Gasteiger partial charge in [-0.3, -0.25) is 19.2 Å². The summed E-state index contributed by atoms with van der Waals surface area (Å²) in [5.41, 5.74) is 0.416. The van der Waals surface area contributed by atoms with Crippen LogP contribution in [0.2, 0.25) is 5.02 Å². The molecule has 1 aliphatic heterocycles. The molecule has 3 rings (SSSR count). The molecule has 1 N–H and O–H groups in total. The summed E-state index contributed by atoms with van der Waals surface area (Å²) in [6, 6.07) is 3.24. The van der Waals surface area contributed by atoms with E-state index < -0.39 is 66.8 Å². The predicted octanol–water partition coefficient (Wildman–Crippen LogP) is 1.08. The summed E-state index contributed by atoms with van der Waals surface area (Å²) in [6.45, 7) is 4.23. The Labute approximate surface area is 198 Å². The first kappa shape index (κ1) is 25.2. The third-order valence-electron chi connectivity index (χ3n) is 4.92. The standard InChI is InChI=1S/C21H23ClN2O10/c1-9(25)23-17-19(32-12(4)28)18(31-11(3)27)16(8-30-10(2)26)33-20(17)24-14-7-13(22)5-6-15(14)34-21(24)29/h5-7,16-20H,8H2,1-4H3,(H,23,25)/t16-,17-,18-,19-,20-/m0/s1. The molecule has 0 unspecified atom stereocenters. The highest BCUT2D eigenvalue weighted by molar-refractivity contribution is 6.31. The summed E-state index contributed by atoms with van der Waals surface area (Å²) in [4.78, 5) is 60.1. The number of hydrogen-bond acceptors (Lipinski definition) is 10. The number of amides is 1. The number of benzene rings is 1. The second-order valence-corrected chi connectivity index (χ2v) is 8.03. The van der Waals surface area contributed by atoms with Crippen LogP contribution in [0.15, 0.2) is 27.4 Å². The Morgan fingerprint density at radius 1 is 1.03 bits per heavy atom. The molecule has 34 heavy (non-hydrogen) atoms. The van der Waals surface area contributed by atoms with Crippen molar-refractivity contribution >= 4 is 46.5 Å². The van der Waals surface area contributed by atoms with Crippen molar-refractivity contribution in [3.05, 3.63) is 33.8 Å². The second kappa shape index (κ2) is 10.3. The van der Waals surface area contributed by atoms with E-state index in [2.05, 4.69) is 5.32 Å². The van der Waals surface area contributed by atoms with E-state index in [4.69, 9.17) is 35.0 Å². The Kier molecular flexibility index (Phi) is 7.62. The van der Waals surface area contributed by atoms with Gasteiger partial charge in [0.2, 0.25) is 5.91 Å². The van der Waals surface area contributed by atoms with Gasteiger partial charge in [0.1, 0.15) is 18.8 Å². The fraction of sp³-hybridized carbons (Fsp3) is 0.476. The van der Waals surface area contributed by atoms with Crippen LogP contribution in [0.4, 0.5) is 0 Å². The molecule has 0 bridgehead atoms. The van der Waals surface area contributed by atoms with Crippen LogP contribution in [0.5, 0.6) is 0 Å². The summed E-state index contributed by atoms with van der Waals surface area (Å²) in [5.74, 6) is -3.54. The minimum atomic E-state index is -1.33.